The topological polar surface area (TPSA) is 84.9 Å². The third kappa shape index (κ3) is 7.21. The number of carbonyl (C=O) groups is 3. The van der Waals surface area contributed by atoms with Crippen molar-refractivity contribution in [3.8, 4) is 0 Å². The van der Waals surface area contributed by atoms with Gasteiger partial charge >= 0.3 is 12.1 Å². The highest BCUT2D eigenvalue weighted by molar-refractivity contribution is 5.89. The second-order valence-corrected chi connectivity index (χ2v) is 7.55. The van der Waals surface area contributed by atoms with E-state index in [9.17, 15) is 14.4 Å². The summed E-state index contributed by atoms with van der Waals surface area (Å²) in [4.78, 5) is 38.7. The first-order valence-corrected chi connectivity index (χ1v) is 9.49. The number of likely N-dealkylation sites (N-methyl/N-ethyl adjacent to an activating group) is 1. The Kier molecular flexibility index (Phi) is 9.48. The summed E-state index contributed by atoms with van der Waals surface area (Å²) in [5.74, 6) is -0.821. The van der Waals surface area contributed by atoms with Gasteiger partial charge in [0.2, 0.25) is 5.91 Å². The molecule has 1 rings (SSSR count). The fourth-order valence-corrected chi connectivity index (χ4v) is 2.77. The Hall–Kier alpha value is -2.57. The SMILES string of the molecule is COC(=O)[C@H](CC(C)C)N(C)C(=O)[C@@H](NC(=O)OCc1ccccc1)C(C)C. The van der Waals surface area contributed by atoms with Gasteiger partial charge in [0.05, 0.1) is 7.11 Å². The summed E-state index contributed by atoms with van der Waals surface area (Å²) in [7, 11) is 2.85. The van der Waals surface area contributed by atoms with Gasteiger partial charge in [-0.3, -0.25) is 4.79 Å². The lowest BCUT2D eigenvalue weighted by Crippen LogP contribution is -2.54. The lowest BCUT2D eigenvalue weighted by atomic mass is 9.99. The number of rotatable bonds is 9. The number of ether oxygens (including phenoxy) is 2. The monoisotopic (exact) mass is 392 g/mol. The maximum atomic E-state index is 13.0. The van der Waals surface area contributed by atoms with Crippen LogP contribution in [0, 0.1) is 11.8 Å². The van der Waals surface area contributed by atoms with E-state index in [1.54, 1.807) is 7.05 Å². The number of esters is 1. The zero-order valence-corrected chi connectivity index (χ0v) is 17.6. The lowest BCUT2D eigenvalue weighted by Gasteiger charge is -2.32. The van der Waals surface area contributed by atoms with Crippen molar-refractivity contribution < 1.29 is 23.9 Å². The maximum Gasteiger partial charge on any atom is 0.408 e. The molecule has 0 heterocycles. The highest BCUT2D eigenvalue weighted by Gasteiger charge is 2.34. The fraction of sp³-hybridized carbons (Fsp3) is 0.571. The molecule has 0 aliphatic carbocycles. The molecule has 0 aliphatic heterocycles. The average Bonchev–Trinajstić information content (AvgIpc) is 2.67. The van der Waals surface area contributed by atoms with Crippen molar-refractivity contribution in [2.24, 2.45) is 11.8 Å². The first-order chi connectivity index (χ1) is 13.2. The van der Waals surface area contributed by atoms with Crippen LogP contribution in [0.5, 0.6) is 0 Å². The molecule has 0 fully saturated rings. The molecule has 0 unspecified atom stereocenters. The number of nitrogens with one attached hydrogen (secondary N) is 1. The largest absolute Gasteiger partial charge is 0.467 e. The van der Waals surface area contributed by atoms with Crippen LogP contribution in [-0.2, 0) is 25.7 Å². The van der Waals surface area contributed by atoms with Crippen molar-refractivity contribution in [3.63, 3.8) is 0 Å². The van der Waals surface area contributed by atoms with E-state index in [-0.39, 0.29) is 24.3 Å². The van der Waals surface area contributed by atoms with Crippen LogP contribution in [0.25, 0.3) is 0 Å². The summed E-state index contributed by atoms with van der Waals surface area (Å²) in [5.41, 5.74) is 0.852. The predicted octanol–water partition coefficient (Wildman–Crippen LogP) is 2.98. The molecule has 7 heteroatoms. The van der Waals surface area contributed by atoms with Crippen LogP contribution in [-0.4, -0.2) is 49.1 Å². The van der Waals surface area contributed by atoms with Crippen LogP contribution >= 0.6 is 0 Å². The minimum Gasteiger partial charge on any atom is -0.467 e. The van der Waals surface area contributed by atoms with E-state index in [0.29, 0.717) is 6.42 Å². The number of methoxy groups -OCH3 is 1. The van der Waals surface area contributed by atoms with Crippen molar-refractivity contribution in [1.29, 1.82) is 0 Å². The Bertz CT molecular complexity index is 645. The number of alkyl carbamates (subject to hydrolysis) is 1. The molecule has 2 atom stereocenters. The van der Waals surface area contributed by atoms with Gasteiger partial charge in [0, 0.05) is 7.05 Å². The van der Waals surface area contributed by atoms with Crippen LogP contribution in [0.3, 0.4) is 0 Å². The average molecular weight is 392 g/mol. The van der Waals surface area contributed by atoms with E-state index in [0.717, 1.165) is 5.56 Å². The van der Waals surface area contributed by atoms with Crippen LogP contribution < -0.4 is 5.32 Å². The molecule has 0 radical (unpaired) electrons. The Morgan fingerprint density at radius 2 is 1.68 bits per heavy atom. The molecular formula is C21H32N2O5. The molecule has 0 saturated carbocycles. The van der Waals surface area contributed by atoms with Crippen LogP contribution in [0.2, 0.25) is 0 Å². The summed E-state index contributed by atoms with van der Waals surface area (Å²) >= 11 is 0. The number of nitrogens with zero attached hydrogens (tertiary/aromatic N) is 1. The molecule has 28 heavy (non-hydrogen) atoms. The normalized spacial score (nSPS) is 13.0. The van der Waals surface area contributed by atoms with Gasteiger partial charge in [-0.25, -0.2) is 9.59 Å². The Labute approximate surface area is 167 Å². The van der Waals surface area contributed by atoms with Crippen molar-refractivity contribution in [2.75, 3.05) is 14.2 Å². The standard InChI is InChI=1S/C21H32N2O5/c1-14(2)12-17(20(25)27-6)23(5)19(24)18(15(3)4)22-21(26)28-13-16-10-8-7-9-11-16/h7-11,14-15,17-18H,12-13H2,1-6H3,(H,22,26)/t17-,18-/m0/s1. The summed E-state index contributed by atoms with van der Waals surface area (Å²) < 4.78 is 10.1. The third-order valence-electron chi connectivity index (χ3n) is 4.40. The molecule has 1 aromatic carbocycles. The molecule has 156 valence electrons. The van der Waals surface area contributed by atoms with Gasteiger partial charge in [-0.1, -0.05) is 58.0 Å². The van der Waals surface area contributed by atoms with Gasteiger partial charge in [0.15, 0.2) is 0 Å². The molecule has 0 spiro atoms. The van der Waals surface area contributed by atoms with Gasteiger partial charge in [0.1, 0.15) is 18.7 Å². The maximum absolute atomic E-state index is 13.0. The van der Waals surface area contributed by atoms with E-state index < -0.39 is 24.1 Å². The molecule has 0 aromatic heterocycles. The summed E-state index contributed by atoms with van der Waals surface area (Å²) in [6, 6.07) is 7.76. The Morgan fingerprint density at radius 3 is 2.18 bits per heavy atom. The first kappa shape index (κ1) is 23.5. The molecule has 0 bridgehead atoms. The molecule has 0 saturated heterocycles. The number of carbonyl (C=O) groups excluding carboxylic acids is 3. The van der Waals surface area contributed by atoms with Gasteiger partial charge in [-0.05, 0) is 23.8 Å². The van der Waals surface area contributed by atoms with E-state index in [1.165, 1.54) is 12.0 Å². The second kappa shape index (κ2) is 11.3. The highest BCUT2D eigenvalue weighted by Crippen LogP contribution is 2.15. The molecule has 1 N–H and O–H groups in total. The van der Waals surface area contributed by atoms with Gasteiger partial charge in [-0.15, -0.1) is 0 Å². The summed E-state index contributed by atoms with van der Waals surface area (Å²) in [5, 5.41) is 2.63. The molecular weight excluding hydrogens is 360 g/mol. The first-order valence-electron chi connectivity index (χ1n) is 9.49. The highest BCUT2D eigenvalue weighted by atomic mass is 16.5. The lowest BCUT2D eigenvalue weighted by molar-refractivity contribution is -0.153. The van der Waals surface area contributed by atoms with E-state index >= 15 is 0 Å². The van der Waals surface area contributed by atoms with Crippen molar-refractivity contribution in [3.05, 3.63) is 35.9 Å². The van der Waals surface area contributed by atoms with Crippen molar-refractivity contribution >= 4 is 18.0 Å². The number of hydrogen-bond donors (Lipinski definition) is 1. The molecule has 2 amide bonds. The number of hydrogen-bond acceptors (Lipinski definition) is 5. The Morgan fingerprint density at radius 1 is 1.07 bits per heavy atom. The smallest absolute Gasteiger partial charge is 0.408 e. The van der Waals surface area contributed by atoms with Crippen LogP contribution in [0.1, 0.15) is 39.7 Å². The summed E-state index contributed by atoms with van der Waals surface area (Å²) in [6.45, 7) is 7.69. The van der Waals surface area contributed by atoms with Gasteiger partial charge < -0.3 is 19.7 Å². The van der Waals surface area contributed by atoms with Gasteiger partial charge in [0.25, 0.3) is 0 Å². The minimum absolute atomic E-state index is 0.111. The number of benzene rings is 1. The molecule has 0 aliphatic rings. The van der Waals surface area contributed by atoms with Gasteiger partial charge in [-0.2, -0.15) is 0 Å². The fourth-order valence-electron chi connectivity index (χ4n) is 2.77. The zero-order chi connectivity index (χ0) is 21.3. The van der Waals surface area contributed by atoms with E-state index in [1.807, 2.05) is 58.0 Å². The van der Waals surface area contributed by atoms with Crippen LogP contribution in [0.15, 0.2) is 30.3 Å². The van der Waals surface area contributed by atoms with E-state index in [2.05, 4.69) is 5.32 Å². The van der Waals surface area contributed by atoms with Crippen molar-refractivity contribution in [2.45, 2.75) is 52.8 Å². The Balaban J connectivity index is 2.80. The minimum atomic E-state index is -0.812. The van der Waals surface area contributed by atoms with Crippen molar-refractivity contribution in [1.82, 2.24) is 10.2 Å². The second-order valence-electron chi connectivity index (χ2n) is 7.55. The quantitative estimate of drug-likeness (QED) is 0.653. The number of amides is 2. The molecule has 1 aromatic rings. The predicted molar refractivity (Wildman–Crippen MR) is 106 cm³/mol. The van der Waals surface area contributed by atoms with Crippen LogP contribution in [0.4, 0.5) is 4.79 Å². The molecule has 7 nitrogen and oxygen atoms in total. The van der Waals surface area contributed by atoms with E-state index in [4.69, 9.17) is 9.47 Å². The summed E-state index contributed by atoms with van der Waals surface area (Å²) in [6.07, 6.45) is -0.208. The zero-order valence-electron chi connectivity index (χ0n) is 17.6. The third-order valence-corrected chi connectivity index (χ3v) is 4.40.